The molecule has 1 aromatic heterocycles. The smallest absolute Gasteiger partial charge is 0.234 e. The Morgan fingerprint density at radius 1 is 1.14 bits per heavy atom. The molecule has 5 heteroatoms. The van der Waals surface area contributed by atoms with Gasteiger partial charge in [-0.15, -0.1) is 11.3 Å². The molecule has 4 nitrogen and oxygen atoms in total. The van der Waals surface area contributed by atoms with Crippen molar-refractivity contribution in [1.29, 1.82) is 0 Å². The Balaban J connectivity index is 1.23. The van der Waals surface area contributed by atoms with Crippen LogP contribution in [0.2, 0.25) is 0 Å². The molecule has 1 N–H and O–H groups in total. The van der Waals surface area contributed by atoms with Gasteiger partial charge in [-0.2, -0.15) is 0 Å². The third-order valence-corrected chi connectivity index (χ3v) is 6.79. The first-order valence-electron chi connectivity index (χ1n) is 10.1. The SMILES string of the molecule is C[C@@H](CNC(=O)CN1CCC(c2nc3ccccc3s2)CC1)c1ccccc1. The van der Waals surface area contributed by atoms with Crippen LogP contribution in [-0.2, 0) is 4.79 Å². The fraction of sp³-hybridized carbons (Fsp3) is 0.391. The first-order chi connectivity index (χ1) is 13.7. The number of carbonyl (C=O) groups is 1. The quantitative estimate of drug-likeness (QED) is 0.675. The van der Waals surface area contributed by atoms with Crippen LogP contribution in [0.1, 0.15) is 42.2 Å². The molecule has 4 rings (SSSR count). The van der Waals surface area contributed by atoms with Gasteiger partial charge in [0, 0.05) is 12.5 Å². The van der Waals surface area contributed by atoms with E-state index in [4.69, 9.17) is 4.98 Å². The molecule has 0 aliphatic carbocycles. The van der Waals surface area contributed by atoms with Gasteiger partial charge < -0.3 is 5.32 Å². The maximum Gasteiger partial charge on any atom is 0.234 e. The average Bonchev–Trinajstić information content (AvgIpc) is 3.17. The summed E-state index contributed by atoms with van der Waals surface area (Å²) in [5.74, 6) is 0.978. The van der Waals surface area contributed by atoms with E-state index in [-0.39, 0.29) is 5.91 Å². The number of carbonyl (C=O) groups excluding carboxylic acids is 1. The lowest BCUT2D eigenvalue weighted by atomic mass is 9.97. The maximum absolute atomic E-state index is 12.4. The van der Waals surface area contributed by atoms with Crippen molar-refractivity contribution in [3.63, 3.8) is 0 Å². The van der Waals surface area contributed by atoms with Gasteiger partial charge in [0.15, 0.2) is 0 Å². The zero-order chi connectivity index (χ0) is 19.3. The normalized spacial score (nSPS) is 16.9. The molecule has 0 spiro atoms. The number of piperidine rings is 1. The van der Waals surface area contributed by atoms with Gasteiger partial charge in [-0.3, -0.25) is 9.69 Å². The number of amides is 1. The third-order valence-electron chi connectivity index (χ3n) is 5.59. The van der Waals surface area contributed by atoms with Crippen LogP contribution in [-0.4, -0.2) is 42.0 Å². The average molecular weight is 394 g/mol. The number of hydrogen-bond acceptors (Lipinski definition) is 4. The summed E-state index contributed by atoms with van der Waals surface area (Å²) < 4.78 is 1.27. The zero-order valence-electron chi connectivity index (χ0n) is 16.3. The molecular weight excluding hydrogens is 366 g/mol. The van der Waals surface area contributed by atoms with Gasteiger partial charge in [-0.25, -0.2) is 4.98 Å². The van der Waals surface area contributed by atoms with Crippen LogP contribution in [0.5, 0.6) is 0 Å². The van der Waals surface area contributed by atoms with Crippen LogP contribution in [0.3, 0.4) is 0 Å². The molecular formula is C23H27N3OS. The van der Waals surface area contributed by atoms with E-state index >= 15 is 0 Å². The minimum Gasteiger partial charge on any atom is -0.354 e. The first-order valence-corrected chi connectivity index (χ1v) is 10.9. The number of para-hydroxylation sites is 1. The number of rotatable bonds is 6. The summed E-state index contributed by atoms with van der Waals surface area (Å²) in [6, 6.07) is 18.7. The highest BCUT2D eigenvalue weighted by molar-refractivity contribution is 7.18. The van der Waals surface area contributed by atoms with Gasteiger partial charge in [0.2, 0.25) is 5.91 Å². The molecule has 2 heterocycles. The summed E-state index contributed by atoms with van der Waals surface area (Å²) in [5, 5.41) is 4.35. The third kappa shape index (κ3) is 4.59. The second kappa shape index (κ2) is 8.84. The summed E-state index contributed by atoms with van der Waals surface area (Å²) in [4.78, 5) is 19.4. The monoisotopic (exact) mass is 393 g/mol. The number of thiazole rings is 1. The molecule has 0 unspecified atom stereocenters. The minimum absolute atomic E-state index is 0.126. The lowest BCUT2D eigenvalue weighted by molar-refractivity contribution is -0.122. The fourth-order valence-corrected chi connectivity index (χ4v) is 4.96. The molecule has 1 atom stereocenters. The van der Waals surface area contributed by atoms with Crippen molar-refractivity contribution in [2.75, 3.05) is 26.2 Å². The van der Waals surface area contributed by atoms with Gasteiger partial charge in [-0.1, -0.05) is 49.4 Å². The standard InChI is InChI=1S/C23H27N3OS/c1-17(18-7-3-2-4-8-18)15-24-22(27)16-26-13-11-19(12-14-26)23-25-20-9-5-6-10-21(20)28-23/h2-10,17,19H,11-16H2,1H3,(H,24,27)/t17-/m0/s1. The number of nitrogens with one attached hydrogen (secondary N) is 1. The van der Waals surface area contributed by atoms with Crippen LogP contribution in [0.25, 0.3) is 10.2 Å². The number of aromatic nitrogens is 1. The molecule has 28 heavy (non-hydrogen) atoms. The molecule has 1 amide bonds. The van der Waals surface area contributed by atoms with Gasteiger partial charge >= 0.3 is 0 Å². The van der Waals surface area contributed by atoms with Crippen molar-refractivity contribution >= 4 is 27.5 Å². The Hall–Kier alpha value is -2.24. The maximum atomic E-state index is 12.4. The molecule has 0 saturated carbocycles. The van der Waals surface area contributed by atoms with E-state index in [9.17, 15) is 4.79 Å². The molecule has 1 aliphatic heterocycles. The Morgan fingerprint density at radius 2 is 1.86 bits per heavy atom. The van der Waals surface area contributed by atoms with E-state index in [2.05, 4.69) is 47.5 Å². The number of nitrogens with zero attached hydrogens (tertiary/aromatic N) is 2. The van der Waals surface area contributed by atoms with Crippen molar-refractivity contribution in [3.05, 3.63) is 65.2 Å². The summed E-state index contributed by atoms with van der Waals surface area (Å²) in [5.41, 5.74) is 2.37. The molecule has 146 valence electrons. The van der Waals surface area contributed by atoms with E-state index in [1.165, 1.54) is 15.3 Å². The second-order valence-electron chi connectivity index (χ2n) is 7.69. The summed E-state index contributed by atoms with van der Waals surface area (Å²) >= 11 is 1.82. The van der Waals surface area contributed by atoms with Crippen LogP contribution in [0, 0.1) is 0 Å². The number of hydrogen-bond donors (Lipinski definition) is 1. The van der Waals surface area contributed by atoms with Crippen molar-refractivity contribution in [2.45, 2.75) is 31.6 Å². The summed E-state index contributed by atoms with van der Waals surface area (Å²) in [7, 11) is 0. The fourth-order valence-electron chi connectivity index (χ4n) is 3.83. The number of likely N-dealkylation sites (tertiary alicyclic amines) is 1. The molecule has 1 fully saturated rings. The van der Waals surface area contributed by atoms with Gasteiger partial charge in [0.1, 0.15) is 0 Å². The summed E-state index contributed by atoms with van der Waals surface area (Å²) in [6.07, 6.45) is 2.15. The summed E-state index contributed by atoms with van der Waals surface area (Å²) in [6.45, 7) is 5.25. The van der Waals surface area contributed by atoms with E-state index in [0.717, 1.165) is 31.4 Å². The van der Waals surface area contributed by atoms with Gasteiger partial charge in [0.25, 0.3) is 0 Å². The Kier molecular flexibility index (Phi) is 6.03. The van der Waals surface area contributed by atoms with Crippen LogP contribution >= 0.6 is 11.3 Å². The van der Waals surface area contributed by atoms with Gasteiger partial charge in [0.05, 0.1) is 21.8 Å². The van der Waals surface area contributed by atoms with Crippen molar-refractivity contribution < 1.29 is 4.79 Å². The highest BCUT2D eigenvalue weighted by Crippen LogP contribution is 2.33. The molecule has 2 aromatic carbocycles. The lowest BCUT2D eigenvalue weighted by Crippen LogP contribution is -2.42. The Bertz CT molecular complexity index is 883. The topological polar surface area (TPSA) is 45.2 Å². The van der Waals surface area contributed by atoms with Crippen molar-refractivity contribution in [1.82, 2.24) is 15.2 Å². The van der Waals surface area contributed by atoms with Crippen LogP contribution < -0.4 is 5.32 Å². The predicted molar refractivity (Wildman–Crippen MR) is 116 cm³/mol. The number of fused-ring (bicyclic) bond motifs is 1. The largest absolute Gasteiger partial charge is 0.354 e. The molecule has 0 bridgehead atoms. The minimum atomic E-state index is 0.126. The van der Waals surface area contributed by atoms with Crippen LogP contribution in [0.4, 0.5) is 0 Å². The predicted octanol–water partition coefficient (Wildman–Crippen LogP) is 4.40. The van der Waals surface area contributed by atoms with E-state index in [0.29, 0.717) is 24.9 Å². The zero-order valence-corrected chi connectivity index (χ0v) is 17.1. The molecule has 1 aliphatic rings. The van der Waals surface area contributed by atoms with Crippen LogP contribution in [0.15, 0.2) is 54.6 Å². The van der Waals surface area contributed by atoms with E-state index < -0.39 is 0 Å². The Morgan fingerprint density at radius 3 is 2.61 bits per heavy atom. The molecule has 0 radical (unpaired) electrons. The molecule has 3 aromatic rings. The van der Waals surface area contributed by atoms with E-state index in [1.807, 2.05) is 35.6 Å². The van der Waals surface area contributed by atoms with Crippen molar-refractivity contribution in [3.8, 4) is 0 Å². The number of benzene rings is 2. The Labute approximate surface area is 170 Å². The lowest BCUT2D eigenvalue weighted by Gasteiger charge is -2.30. The molecule has 1 saturated heterocycles. The second-order valence-corrected chi connectivity index (χ2v) is 8.75. The van der Waals surface area contributed by atoms with E-state index in [1.54, 1.807) is 0 Å². The highest BCUT2D eigenvalue weighted by atomic mass is 32.1. The highest BCUT2D eigenvalue weighted by Gasteiger charge is 2.24. The van der Waals surface area contributed by atoms with Crippen molar-refractivity contribution in [2.24, 2.45) is 0 Å². The van der Waals surface area contributed by atoms with Gasteiger partial charge in [-0.05, 0) is 49.5 Å². The first kappa shape index (κ1) is 19.1.